The molecule has 1 amide bonds. The lowest BCUT2D eigenvalue weighted by Crippen LogP contribution is -2.30. The van der Waals surface area contributed by atoms with E-state index in [0.29, 0.717) is 11.6 Å². The van der Waals surface area contributed by atoms with E-state index in [1.54, 1.807) is 43.7 Å². The van der Waals surface area contributed by atoms with Gasteiger partial charge in [0.05, 0.1) is 17.5 Å². The van der Waals surface area contributed by atoms with Gasteiger partial charge in [-0.15, -0.1) is 11.8 Å². The van der Waals surface area contributed by atoms with Crippen LogP contribution >= 0.6 is 11.8 Å². The van der Waals surface area contributed by atoms with Gasteiger partial charge in [0.15, 0.2) is 6.61 Å². The van der Waals surface area contributed by atoms with Crippen molar-refractivity contribution in [1.82, 2.24) is 9.97 Å². The number of nitriles is 1. The lowest BCUT2D eigenvalue weighted by molar-refractivity contribution is -0.145. The Bertz CT molecular complexity index is 794. The molecule has 0 atom stereocenters. The summed E-state index contributed by atoms with van der Waals surface area (Å²) in [6.07, 6.45) is 3.14. The van der Waals surface area contributed by atoms with Gasteiger partial charge in [-0.2, -0.15) is 5.26 Å². The monoisotopic (exact) mass is 371 g/mol. The number of esters is 1. The largest absolute Gasteiger partial charge is 0.454 e. The van der Waals surface area contributed by atoms with E-state index in [-0.39, 0.29) is 12.3 Å². The Balaban J connectivity index is 1.82. The van der Waals surface area contributed by atoms with Crippen molar-refractivity contribution >= 4 is 35.3 Å². The molecule has 9 heteroatoms. The lowest BCUT2D eigenvalue weighted by atomic mass is 10.3. The molecule has 0 saturated carbocycles. The van der Waals surface area contributed by atoms with Crippen molar-refractivity contribution in [1.29, 1.82) is 5.26 Å². The number of hydrogen-bond acceptors (Lipinski definition) is 8. The van der Waals surface area contributed by atoms with Gasteiger partial charge in [-0.1, -0.05) is 12.1 Å². The van der Waals surface area contributed by atoms with E-state index in [9.17, 15) is 9.59 Å². The molecule has 26 heavy (non-hydrogen) atoms. The molecule has 1 N–H and O–H groups in total. The maximum absolute atomic E-state index is 12.0. The standard InChI is InChI=1S/C17H17N5O3S/c1-22(17-19-8-4-9-20-17)11-16(24)25-12-15(23)21-13-5-2-3-6-14(13)26-10-7-18/h2-6,8-9H,10-12H2,1H3,(H,21,23). The highest BCUT2D eigenvalue weighted by Crippen LogP contribution is 2.26. The fourth-order valence-electron chi connectivity index (χ4n) is 1.94. The van der Waals surface area contributed by atoms with E-state index in [4.69, 9.17) is 10.00 Å². The van der Waals surface area contributed by atoms with E-state index in [0.717, 1.165) is 4.90 Å². The van der Waals surface area contributed by atoms with Gasteiger partial charge < -0.3 is 15.0 Å². The van der Waals surface area contributed by atoms with Crippen LogP contribution in [-0.4, -0.2) is 47.8 Å². The van der Waals surface area contributed by atoms with Crippen molar-refractivity contribution in [2.45, 2.75) is 4.90 Å². The third-order valence-corrected chi connectivity index (χ3v) is 4.02. The number of para-hydroxylation sites is 1. The molecular weight excluding hydrogens is 354 g/mol. The number of nitrogens with zero attached hydrogens (tertiary/aromatic N) is 4. The predicted octanol–water partition coefficient (Wildman–Crippen LogP) is 1.71. The van der Waals surface area contributed by atoms with Crippen LogP contribution in [0.1, 0.15) is 0 Å². The maximum atomic E-state index is 12.0. The van der Waals surface area contributed by atoms with E-state index < -0.39 is 18.5 Å². The average Bonchev–Trinajstić information content (AvgIpc) is 2.66. The molecule has 1 aromatic heterocycles. The Morgan fingerprint density at radius 3 is 2.73 bits per heavy atom. The molecule has 8 nitrogen and oxygen atoms in total. The van der Waals surface area contributed by atoms with Crippen LogP contribution in [0.25, 0.3) is 0 Å². The second-order valence-electron chi connectivity index (χ2n) is 5.06. The number of ether oxygens (including phenoxy) is 1. The molecule has 0 spiro atoms. The van der Waals surface area contributed by atoms with E-state index >= 15 is 0 Å². The number of hydrogen-bond donors (Lipinski definition) is 1. The second-order valence-corrected chi connectivity index (χ2v) is 6.07. The van der Waals surface area contributed by atoms with Crippen LogP contribution in [0.5, 0.6) is 0 Å². The van der Waals surface area contributed by atoms with Gasteiger partial charge in [-0.3, -0.25) is 9.59 Å². The minimum Gasteiger partial charge on any atom is -0.454 e. The zero-order chi connectivity index (χ0) is 18.8. The zero-order valence-electron chi connectivity index (χ0n) is 14.1. The van der Waals surface area contributed by atoms with Crippen LogP contribution in [0.4, 0.5) is 11.6 Å². The molecular formula is C17H17N5O3S. The SMILES string of the molecule is CN(CC(=O)OCC(=O)Nc1ccccc1SCC#N)c1ncccn1. The number of anilines is 2. The van der Waals surface area contributed by atoms with Gasteiger partial charge in [-0.05, 0) is 18.2 Å². The first kappa shape index (κ1) is 19.2. The molecule has 0 saturated heterocycles. The summed E-state index contributed by atoms with van der Waals surface area (Å²) >= 11 is 1.32. The lowest BCUT2D eigenvalue weighted by Gasteiger charge is -2.15. The predicted molar refractivity (Wildman–Crippen MR) is 97.7 cm³/mol. The van der Waals surface area contributed by atoms with Gasteiger partial charge in [0, 0.05) is 24.3 Å². The number of thioether (sulfide) groups is 1. The summed E-state index contributed by atoms with van der Waals surface area (Å²) in [6, 6.07) is 10.8. The topological polar surface area (TPSA) is 108 Å². The summed E-state index contributed by atoms with van der Waals surface area (Å²) in [7, 11) is 1.65. The van der Waals surface area contributed by atoms with E-state index in [1.165, 1.54) is 16.7 Å². The fraction of sp³-hybridized carbons (Fsp3) is 0.235. The highest BCUT2D eigenvalue weighted by atomic mass is 32.2. The first-order valence-corrected chi connectivity index (χ1v) is 8.61. The Hall–Kier alpha value is -3.12. The molecule has 0 aliphatic carbocycles. The van der Waals surface area contributed by atoms with Crippen LogP contribution in [0.3, 0.4) is 0 Å². The first-order chi connectivity index (χ1) is 12.6. The van der Waals surface area contributed by atoms with E-state index in [1.807, 2.05) is 12.1 Å². The molecule has 2 aromatic rings. The van der Waals surface area contributed by atoms with Crippen LogP contribution in [0.2, 0.25) is 0 Å². The maximum Gasteiger partial charge on any atom is 0.326 e. The number of aromatic nitrogens is 2. The number of likely N-dealkylation sites (N-methyl/N-ethyl adjacent to an activating group) is 1. The van der Waals surface area contributed by atoms with Gasteiger partial charge in [0.1, 0.15) is 6.54 Å². The van der Waals surface area contributed by atoms with Crippen molar-refractivity contribution in [2.24, 2.45) is 0 Å². The van der Waals surface area contributed by atoms with E-state index in [2.05, 4.69) is 15.3 Å². The molecule has 0 fully saturated rings. The van der Waals surface area contributed by atoms with Gasteiger partial charge >= 0.3 is 5.97 Å². The summed E-state index contributed by atoms with van der Waals surface area (Å²) in [5, 5.41) is 11.3. The normalized spacial score (nSPS) is 9.85. The Kier molecular flexibility index (Phi) is 7.39. The third-order valence-electron chi connectivity index (χ3n) is 3.08. The Labute approximate surface area is 155 Å². The summed E-state index contributed by atoms with van der Waals surface area (Å²) in [4.78, 5) is 34.2. The van der Waals surface area contributed by atoms with Crippen molar-refractivity contribution in [3.05, 3.63) is 42.7 Å². The van der Waals surface area contributed by atoms with Crippen LogP contribution in [0, 0.1) is 11.3 Å². The van der Waals surface area contributed by atoms with Crippen molar-refractivity contribution in [3.8, 4) is 6.07 Å². The zero-order valence-corrected chi connectivity index (χ0v) is 14.9. The summed E-state index contributed by atoms with van der Waals surface area (Å²) in [5.74, 6) is -0.364. The Morgan fingerprint density at radius 1 is 1.27 bits per heavy atom. The quantitative estimate of drug-likeness (QED) is 0.552. The summed E-state index contributed by atoms with van der Waals surface area (Å²) in [6.45, 7) is -0.481. The molecule has 134 valence electrons. The highest BCUT2D eigenvalue weighted by Gasteiger charge is 2.13. The van der Waals surface area contributed by atoms with Crippen LogP contribution < -0.4 is 10.2 Å². The number of amides is 1. The molecule has 2 rings (SSSR count). The van der Waals surface area contributed by atoms with Gasteiger partial charge in [-0.25, -0.2) is 9.97 Å². The molecule has 0 radical (unpaired) electrons. The van der Waals surface area contributed by atoms with Crippen molar-refractivity contribution in [2.75, 3.05) is 36.2 Å². The average molecular weight is 371 g/mol. The Morgan fingerprint density at radius 2 is 2.00 bits per heavy atom. The summed E-state index contributed by atoms with van der Waals surface area (Å²) in [5.41, 5.74) is 0.573. The number of carbonyl (C=O) groups is 2. The molecule has 0 aliphatic heterocycles. The highest BCUT2D eigenvalue weighted by molar-refractivity contribution is 7.99. The molecule has 0 aliphatic rings. The van der Waals surface area contributed by atoms with Crippen molar-refractivity contribution < 1.29 is 14.3 Å². The molecule has 1 aromatic carbocycles. The van der Waals surface area contributed by atoms with Gasteiger partial charge in [0.2, 0.25) is 5.95 Å². The fourth-order valence-corrected chi connectivity index (χ4v) is 2.61. The first-order valence-electron chi connectivity index (χ1n) is 7.62. The second kappa shape index (κ2) is 10.0. The smallest absolute Gasteiger partial charge is 0.326 e. The number of carbonyl (C=O) groups excluding carboxylic acids is 2. The van der Waals surface area contributed by atoms with Gasteiger partial charge in [0.25, 0.3) is 5.91 Å². The molecule has 0 bridgehead atoms. The molecule has 0 unspecified atom stereocenters. The minimum atomic E-state index is -0.567. The summed E-state index contributed by atoms with van der Waals surface area (Å²) < 4.78 is 4.98. The van der Waals surface area contributed by atoms with Crippen LogP contribution in [0.15, 0.2) is 47.6 Å². The number of rotatable bonds is 8. The van der Waals surface area contributed by atoms with Crippen molar-refractivity contribution in [3.63, 3.8) is 0 Å². The molecule has 1 heterocycles. The number of benzene rings is 1. The number of nitrogens with one attached hydrogen (secondary N) is 1. The minimum absolute atomic E-state index is 0.0775. The third kappa shape index (κ3) is 6.07. The van der Waals surface area contributed by atoms with Crippen LogP contribution in [-0.2, 0) is 14.3 Å².